The van der Waals surface area contributed by atoms with Gasteiger partial charge in [0, 0.05) is 11.0 Å². The average Bonchev–Trinajstić information content (AvgIpc) is 3.52. The molecule has 6 aliphatic rings. The van der Waals surface area contributed by atoms with E-state index >= 15 is 0 Å². The van der Waals surface area contributed by atoms with Crippen molar-refractivity contribution in [3.63, 3.8) is 0 Å². The van der Waals surface area contributed by atoms with Crippen LogP contribution in [0.2, 0.25) is 0 Å². The van der Waals surface area contributed by atoms with E-state index in [2.05, 4.69) is 27.4 Å². The Hall–Kier alpha value is -1.14. The number of rotatable bonds is 2. The van der Waals surface area contributed by atoms with Crippen molar-refractivity contribution in [2.45, 2.75) is 87.2 Å². The summed E-state index contributed by atoms with van der Waals surface area (Å²) in [5.41, 5.74) is 0.978. The fraction of sp³-hybridized carbons (Fsp3) is 0.727. The van der Waals surface area contributed by atoms with Crippen LogP contribution >= 0.6 is 0 Å². The van der Waals surface area contributed by atoms with Crippen molar-refractivity contribution >= 4 is 6.08 Å². The van der Waals surface area contributed by atoms with Crippen LogP contribution in [0.3, 0.4) is 0 Å². The highest BCUT2D eigenvalue weighted by Gasteiger charge is 3.00. The van der Waals surface area contributed by atoms with Crippen LogP contribution in [0.4, 0.5) is 0 Å². The van der Waals surface area contributed by atoms with Crippen LogP contribution in [-0.2, 0) is 20.6 Å². The third-order valence-corrected chi connectivity index (χ3v) is 9.21. The molecule has 5 fully saturated rings. The number of aliphatic hydroxyl groups is 1. The van der Waals surface area contributed by atoms with Gasteiger partial charge in [0.1, 0.15) is 35.3 Å². The lowest BCUT2D eigenvalue weighted by Gasteiger charge is -2.53. The zero-order chi connectivity index (χ0) is 18.6. The molecule has 9 atom stereocenters. The van der Waals surface area contributed by atoms with Gasteiger partial charge in [-0.15, -0.1) is 0 Å². The SMILES string of the molecule is C=Cc1occ2c1CC[C@@]1(C)[C@H]2C[C@@H]2O[C@@]23[C@H](O)[C@@]2(C(C)C)O[C@H]2[C@@H]2O[C@@]231. The van der Waals surface area contributed by atoms with Crippen LogP contribution in [0.15, 0.2) is 17.3 Å². The molecule has 0 radical (unpaired) electrons. The van der Waals surface area contributed by atoms with Crippen molar-refractivity contribution in [1.29, 1.82) is 0 Å². The lowest BCUT2D eigenvalue weighted by Crippen LogP contribution is -2.68. The lowest BCUT2D eigenvalue weighted by molar-refractivity contribution is -0.0920. The zero-order valence-corrected chi connectivity index (χ0v) is 16.0. The van der Waals surface area contributed by atoms with Crippen molar-refractivity contribution in [2.24, 2.45) is 11.3 Å². The smallest absolute Gasteiger partial charge is 0.155 e. The van der Waals surface area contributed by atoms with Gasteiger partial charge in [-0.3, -0.25) is 0 Å². The summed E-state index contributed by atoms with van der Waals surface area (Å²) in [5, 5.41) is 11.5. The van der Waals surface area contributed by atoms with Crippen LogP contribution in [0.5, 0.6) is 0 Å². The van der Waals surface area contributed by atoms with Crippen LogP contribution in [0.25, 0.3) is 6.08 Å². The minimum absolute atomic E-state index is 0.00645. The Labute approximate surface area is 158 Å². The van der Waals surface area contributed by atoms with Crippen LogP contribution in [0.1, 0.15) is 56.4 Å². The Morgan fingerprint density at radius 2 is 2.07 bits per heavy atom. The Kier molecular flexibility index (Phi) is 2.38. The maximum Gasteiger partial charge on any atom is 0.155 e. The molecule has 3 saturated heterocycles. The molecule has 0 unspecified atom stereocenters. The summed E-state index contributed by atoms with van der Waals surface area (Å²) in [6, 6.07) is 0. The van der Waals surface area contributed by atoms with E-state index < -0.39 is 22.9 Å². The summed E-state index contributed by atoms with van der Waals surface area (Å²) >= 11 is 0. The molecule has 144 valence electrons. The molecule has 3 aliphatic carbocycles. The standard InChI is InChI=1S/C22H26O5/c1-5-14-11-6-7-19(4)13(12(11)9-24-14)8-15-21(25-15)18(23)20(10(2)3)16(26-20)17-22(19,21)27-17/h5,9-10,13,15-18,23H,1,6-8H2,2-4H3/t13-,15-,16-,17-,18+,19-,20-,21+,22+/m0/s1. The fourth-order valence-electron chi connectivity index (χ4n) is 7.77. The number of ether oxygens (including phenoxy) is 3. The monoisotopic (exact) mass is 370 g/mol. The molecule has 1 N–H and O–H groups in total. The van der Waals surface area contributed by atoms with Gasteiger partial charge in [0.25, 0.3) is 0 Å². The molecule has 5 heteroatoms. The second-order valence-corrected chi connectivity index (χ2v) is 10.1. The average molecular weight is 370 g/mol. The minimum Gasteiger partial charge on any atom is -0.464 e. The third kappa shape index (κ3) is 1.28. The number of hydrogen-bond donors (Lipinski definition) is 1. The molecule has 2 spiro atoms. The van der Waals surface area contributed by atoms with Crippen LogP contribution < -0.4 is 0 Å². The maximum atomic E-state index is 11.5. The van der Waals surface area contributed by atoms with Gasteiger partial charge in [0.05, 0.1) is 12.4 Å². The highest BCUT2D eigenvalue weighted by atomic mass is 16.7. The highest BCUT2D eigenvalue weighted by Crippen LogP contribution is 2.83. The van der Waals surface area contributed by atoms with Gasteiger partial charge in [-0.05, 0) is 42.7 Å². The molecule has 4 heterocycles. The number of aliphatic hydroxyl groups excluding tert-OH is 1. The summed E-state index contributed by atoms with van der Waals surface area (Å²) < 4.78 is 25.0. The van der Waals surface area contributed by atoms with Crippen LogP contribution in [-0.4, -0.2) is 46.3 Å². The lowest BCUT2D eigenvalue weighted by atomic mass is 9.47. The first-order chi connectivity index (χ1) is 12.9. The van der Waals surface area contributed by atoms with Crippen LogP contribution in [0, 0.1) is 11.3 Å². The van der Waals surface area contributed by atoms with Crippen molar-refractivity contribution in [1.82, 2.24) is 0 Å². The van der Waals surface area contributed by atoms with Crippen molar-refractivity contribution in [2.75, 3.05) is 0 Å². The molecule has 0 aromatic carbocycles. The molecular weight excluding hydrogens is 344 g/mol. The van der Waals surface area contributed by atoms with Gasteiger partial charge >= 0.3 is 0 Å². The summed E-state index contributed by atoms with van der Waals surface area (Å²) in [5.74, 6) is 1.47. The summed E-state index contributed by atoms with van der Waals surface area (Å²) in [6.45, 7) is 10.5. The number of furan rings is 1. The Bertz CT molecular complexity index is 905. The van der Waals surface area contributed by atoms with E-state index in [0.29, 0.717) is 5.92 Å². The number of fused-ring (bicyclic) bond motifs is 5. The molecule has 1 aromatic rings. The molecule has 7 rings (SSSR count). The number of hydrogen-bond acceptors (Lipinski definition) is 5. The summed E-state index contributed by atoms with van der Waals surface area (Å²) in [4.78, 5) is 0. The summed E-state index contributed by atoms with van der Waals surface area (Å²) in [7, 11) is 0. The molecule has 3 aliphatic heterocycles. The molecule has 27 heavy (non-hydrogen) atoms. The zero-order valence-electron chi connectivity index (χ0n) is 16.0. The van der Waals surface area contributed by atoms with Crippen molar-refractivity contribution in [3.05, 3.63) is 29.7 Å². The maximum absolute atomic E-state index is 11.5. The fourth-order valence-corrected chi connectivity index (χ4v) is 7.77. The first kappa shape index (κ1) is 15.7. The topological polar surface area (TPSA) is 71.0 Å². The third-order valence-electron chi connectivity index (χ3n) is 9.21. The molecule has 0 amide bonds. The molecule has 1 aromatic heterocycles. The predicted octanol–water partition coefficient (Wildman–Crippen LogP) is 2.81. The van der Waals surface area contributed by atoms with E-state index in [1.165, 1.54) is 11.1 Å². The summed E-state index contributed by atoms with van der Waals surface area (Å²) in [6.07, 6.45) is 6.05. The van der Waals surface area contributed by atoms with E-state index in [4.69, 9.17) is 18.6 Å². The second kappa shape index (κ2) is 4.09. The Morgan fingerprint density at radius 3 is 2.81 bits per heavy atom. The van der Waals surface area contributed by atoms with Gasteiger partial charge in [0.15, 0.2) is 5.60 Å². The van der Waals surface area contributed by atoms with E-state index in [1.807, 2.05) is 12.3 Å². The first-order valence-corrected chi connectivity index (χ1v) is 10.3. The normalized spacial score (nSPS) is 58.2. The molecule has 0 bridgehead atoms. The Morgan fingerprint density at radius 1 is 1.26 bits per heavy atom. The van der Waals surface area contributed by atoms with Gasteiger partial charge in [-0.25, -0.2) is 0 Å². The van der Waals surface area contributed by atoms with E-state index in [1.54, 1.807) is 0 Å². The van der Waals surface area contributed by atoms with Crippen molar-refractivity contribution in [3.8, 4) is 0 Å². The minimum atomic E-state index is -0.619. The molecule has 5 nitrogen and oxygen atoms in total. The van der Waals surface area contributed by atoms with Gasteiger partial charge in [-0.1, -0.05) is 27.4 Å². The molecular formula is C22H26O5. The quantitative estimate of drug-likeness (QED) is 0.811. The van der Waals surface area contributed by atoms with E-state index in [0.717, 1.165) is 25.0 Å². The number of epoxide rings is 3. The predicted molar refractivity (Wildman–Crippen MR) is 96.2 cm³/mol. The highest BCUT2D eigenvalue weighted by molar-refractivity contribution is 5.55. The first-order valence-electron chi connectivity index (χ1n) is 10.3. The van der Waals surface area contributed by atoms with E-state index in [-0.39, 0.29) is 29.6 Å². The van der Waals surface area contributed by atoms with Gasteiger partial charge in [0.2, 0.25) is 0 Å². The largest absolute Gasteiger partial charge is 0.464 e. The van der Waals surface area contributed by atoms with Gasteiger partial charge < -0.3 is 23.7 Å². The molecule has 2 saturated carbocycles. The Balaban J connectivity index is 1.39. The van der Waals surface area contributed by atoms with E-state index in [9.17, 15) is 5.11 Å². The second-order valence-electron chi connectivity index (χ2n) is 10.1. The van der Waals surface area contributed by atoms with Crippen molar-refractivity contribution < 1.29 is 23.7 Å². The van der Waals surface area contributed by atoms with Gasteiger partial charge in [-0.2, -0.15) is 0 Å².